The van der Waals surface area contributed by atoms with Gasteiger partial charge in [-0.05, 0) is 25.0 Å². The predicted molar refractivity (Wildman–Crippen MR) is 82.7 cm³/mol. The summed E-state index contributed by atoms with van der Waals surface area (Å²) in [4.78, 5) is 0. The minimum Gasteiger partial charge on any atom is -0.375 e. The SMILES string of the molecule is Clc1ccc2nsnc2c1NCc1nnc2n1CCCC2. The van der Waals surface area contributed by atoms with Crippen molar-refractivity contribution in [1.82, 2.24) is 23.5 Å². The Hall–Kier alpha value is -1.73. The maximum atomic E-state index is 6.28. The zero-order valence-corrected chi connectivity index (χ0v) is 12.8. The van der Waals surface area contributed by atoms with Gasteiger partial charge in [0.2, 0.25) is 0 Å². The highest BCUT2D eigenvalue weighted by Gasteiger charge is 2.16. The molecule has 0 saturated carbocycles. The highest BCUT2D eigenvalue weighted by molar-refractivity contribution is 7.00. The van der Waals surface area contributed by atoms with Gasteiger partial charge in [-0.15, -0.1) is 10.2 Å². The van der Waals surface area contributed by atoms with Crippen LogP contribution in [0.5, 0.6) is 0 Å². The van der Waals surface area contributed by atoms with E-state index in [0.717, 1.165) is 41.3 Å². The van der Waals surface area contributed by atoms with Crippen molar-refractivity contribution in [2.75, 3.05) is 5.32 Å². The van der Waals surface area contributed by atoms with Crippen LogP contribution >= 0.6 is 23.3 Å². The third kappa shape index (κ3) is 2.26. The maximum absolute atomic E-state index is 6.28. The van der Waals surface area contributed by atoms with Crippen LogP contribution in [0.15, 0.2) is 12.1 Å². The van der Waals surface area contributed by atoms with E-state index in [0.29, 0.717) is 11.6 Å². The average molecular weight is 321 g/mol. The molecule has 2 aromatic heterocycles. The van der Waals surface area contributed by atoms with Crippen LogP contribution in [-0.4, -0.2) is 23.5 Å². The number of hydrogen-bond donors (Lipinski definition) is 1. The summed E-state index contributed by atoms with van der Waals surface area (Å²) in [5.41, 5.74) is 2.48. The van der Waals surface area contributed by atoms with Gasteiger partial charge in [-0.3, -0.25) is 0 Å². The number of halogens is 1. The molecule has 3 heterocycles. The van der Waals surface area contributed by atoms with E-state index < -0.39 is 0 Å². The van der Waals surface area contributed by atoms with Crippen molar-refractivity contribution in [2.45, 2.75) is 32.4 Å². The number of nitrogens with zero attached hydrogens (tertiary/aromatic N) is 5. The van der Waals surface area contributed by atoms with Crippen LogP contribution in [0.3, 0.4) is 0 Å². The standard InChI is InChI=1S/C13H13ClN6S/c14-8-4-5-9-13(19-21-18-9)12(8)15-7-11-17-16-10-3-1-2-6-20(10)11/h4-5,15H,1-3,6-7H2. The normalized spacial score (nSPS) is 14.3. The zero-order chi connectivity index (χ0) is 14.2. The molecule has 0 fully saturated rings. The van der Waals surface area contributed by atoms with Gasteiger partial charge in [0.1, 0.15) is 16.9 Å². The zero-order valence-electron chi connectivity index (χ0n) is 11.2. The highest BCUT2D eigenvalue weighted by atomic mass is 35.5. The van der Waals surface area contributed by atoms with Gasteiger partial charge in [0, 0.05) is 13.0 Å². The van der Waals surface area contributed by atoms with E-state index in [1.165, 1.54) is 24.6 Å². The molecule has 4 rings (SSSR count). The number of benzene rings is 1. The van der Waals surface area contributed by atoms with Gasteiger partial charge in [0.05, 0.1) is 29.0 Å². The number of rotatable bonds is 3. The molecule has 0 unspecified atom stereocenters. The van der Waals surface area contributed by atoms with Gasteiger partial charge in [-0.1, -0.05) is 11.6 Å². The van der Waals surface area contributed by atoms with E-state index in [9.17, 15) is 0 Å². The molecule has 6 nitrogen and oxygen atoms in total. The fraction of sp³-hybridized carbons (Fsp3) is 0.385. The van der Waals surface area contributed by atoms with Gasteiger partial charge in [0.15, 0.2) is 5.82 Å². The minimum atomic E-state index is 0.587. The summed E-state index contributed by atoms with van der Waals surface area (Å²) in [7, 11) is 0. The molecule has 0 bridgehead atoms. The molecule has 1 N–H and O–H groups in total. The summed E-state index contributed by atoms with van der Waals surface area (Å²) in [5, 5.41) is 12.5. The van der Waals surface area contributed by atoms with Crippen LogP contribution in [0.4, 0.5) is 5.69 Å². The summed E-state index contributed by atoms with van der Waals surface area (Å²) in [6.07, 6.45) is 3.39. The fourth-order valence-corrected chi connectivity index (χ4v) is 3.42. The lowest BCUT2D eigenvalue weighted by Gasteiger charge is -2.15. The Morgan fingerprint density at radius 3 is 3.14 bits per heavy atom. The molecule has 8 heteroatoms. The van der Waals surface area contributed by atoms with E-state index in [1.54, 1.807) is 0 Å². The maximum Gasteiger partial charge on any atom is 0.152 e. The first-order chi connectivity index (χ1) is 10.3. The van der Waals surface area contributed by atoms with Crippen LogP contribution in [0.25, 0.3) is 11.0 Å². The Kier molecular flexibility index (Phi) is 3.23. The molecular weight excluding hydrogens is 308 g/mol. The first-order valence-electron chi connectivity index (χ1n) is 6.88. The lowest BCUT2D eigenvalue weighted by molar-refractivity contribution is 0.510. The number of hydrogen-bond acceptors (Lipinski definition) is 6. The monoisotopic (exact) mass is 320 g/mol. The summed E-state index contributed by atoms with van der Waals surface area (Å²) >= 11 is 7.47. The van der Waals surface area contributed by atoms with E-state index >= 15 is 0 Å². The highest BCUT2D eigenvalue weighted by Crippen LogP contribution is 2.30. The third-order valence-corrected chi connectivity index (χ3v) is 4.59. The fourth-order valence-electron chi connectivity index (χ4n) is 2.66. The van der Waals surface area contributed by atoms with Crippen LogP contribution in [0, 0.1) is 0 Å². The molecule has 0 aliphatic carbocycles. The van der Waals surface area contributed by atoms with Crippen LogP contribution in [0.1, 0.15) is 24.5 Å². The van der Waals surface area contributed by atoms with Gasteiger partial charge in [0.25, 0.3) is 0 Å². The number of aryl methyl sites for hydroxylation is 1. The molecule has 0 spiro atoms. The molecular formula is C13H13ClN6S. The number of fused-ring (bicyclic) bond motifs is 2. The summed E-state index contributed by atoms with van der Waals surface area (Å²) in [5.74, 6) is 2.03. The van der Waals surface area contributed by atoms with Crippen LogP contribution in [0.2, 0.25) is 5.02 Å². The largest absolute Gasteiger partial charge is 0.375 e. The second kappa shape index (κ2) is 5.23. The van der Waals surface area contributed by atoms with Crippen molar-refractivity contribution in [1.29, 1.82) is 0 Å². The second-order valence-corrected chi connectivity index (χ2v) is 5.98. The molecule has 0 atom stereocenters. The van der Waals surface area contributed by atoms with Crippen LogP contribution in [-0.2, 0) is 19.5 Å². The Bertz CT molecular complexity index is 795. The Morgan fingerprint density at radius 2 is 2.19 bits per heavy atom. The summed E-state index contributed by atoms with van der Waals surface area (Å²) < 4.78 is 10.7. The second-order valence-electron chi connectivity index (χ2n) is 5.05. The molecule has 21 heavy (non-hydrogen) atoms. The quantitative estimate of drug-likeness (QED) is 0.803. The van der Waals surface area contributed by atoms with E-state index in [2.05, 4.69) is 28.8 Å². The van der Waals surface area contributed by atoms with Crippen LogP contribution < -0.4 is 5.32 Å². The number of nitrogens with one attached hydrogen (secondary N) is 1. The third-order valence-electron chi connectivity index (χ3n) is 3.74. The predicted octanol–water partition coefficient (Wildman–Crippen LogP) is 2.88. The van der Waals surface area contributed by atoms with Crippen molar-refractivity contribution in [2.24, 2.45) is 0 Å². The molecule has 0 radical (unpaired) electrons. The van der Waals surface area contributed by atoms with E-state index in [4.69, 9.17) is 11.6 Å². The molecule has 1 aromatic carbocycles. The van der Waals surface area contributed by atoms with Gasteiger partial charge in [-0.2, -0.15) is 8.75 Å². The van der Waals surface area contributed by atoms with E-state index in [-0.39, 0.29) is 0 Å². The average Bonchev–Trinajstić information content (AvgIpc) is 3.13. The summed E-state index contributed by atoms with van der Waals surface area (Å²) in [6, 6.07) is 3.72. The molecule has 1 aliphatic heterocycles. The minimum absolute atomic E-state index is 0.587. The van der Waals surface area contributed by atoms with Gasteiger partial charge < -0.3 is 9.88 Å². The van der Waals surface area contributed by atoms with Crippen molar-refractivity contribution < 1.29 is 0 Å². The number of anilines is 1. The summed E-state index contributed by atoms with van der Waals surface area (Å²) in [6.45, 7) is 1.58. The van der Waals surface area contributed by atoms with Crippen molar-refractivity contribution >= 4 is 40.0 Å². The smallest absolute Gasteiger partial charge is 0.152 e. The van der Waals surface area contributed by atoms with E-state index in [1.807, 2.05) is 12.1 Å². The topological polar surface area (TPSA) is 68.5 Å². The molecule has 1 aliphatic rings. The van der Waals surface area contributed by atoms with Gasteiger partial charge >= 0.3 is 0 Å². The molecule has 0 amide bonds. The molecule has 108 valence electrons. The lowest BCUT2D eigenvalue weighted by atomic mass is 10.2. The Labute approximate surface area is 130 Å². The Morgan fingerprint density at radius 1 is 1.24 bits per heavy atom. The van der Waals surface area contributed by atoms with Gasteiger partial charge in [-0.25, -0.2) is 0 Å². The number of aromatic nitrogens is 5. The molecule has 3 aromatic rings. The van der Waals surface area contributed by atoms with Crippen molar-refractivity contribution in [3.8, 4) is 0 Å². The molecule has 0 saturated heterocycles. The first-order valence-corrected chi connectivity index (χ1v) is 7.99. The van der Waals surface area contributed by atoms with Crippen molar-refractivity contribution in [3.63, 3.8) is 0 Å². The Balaban J connectivity index is 1.62. The van der Waals surface area contributed by atoms with Crippen molar-refractivity contribution in [3.05, 3.63) is 28.8 Å². The lowest BCUT2D eigenvalue weighted by Crippen LogP contribution is -2.15. The first kappa shape index (κ1) is 13.0.